The molecule has 1 atom stereocenters. The van der Waals surface area contributed by atoms with E-state index in [-0.39, 0.29) is 11.7 Å². The van der Waals surface area contributed by atoms with E-state index in [1.807, 2.05) is 25.1 Å². The van der Waals surface area contributed by atoms with Crippen LogP contribution in [-0.4, -0.2) is 10.8 Å². The summed E-state index contributed by atoms with van der Waals surface area (Å²) in [6.07, 6.45) is 7.31. The van der Waals surface area contributed by atoms with Gasteiger partial charge in [0.1, 0.15) is 5.01 Å². The summed E-state index contributed by atoms with van der Waals surface area (Å²) in [4.78, 5) is 19.1. The van der Waals surface area contributed by atoms with E-state index < -0.39 is 0 Å². The van der Waals surface area contributed by atoms with Gasteiger partial charge in [0.25, 0.3) is 0 Å². The monoisotopic (exact) mass is 433 g/mol. The summed E-state index contributed by atoms with van der Waals surface area (Å²) in [5.41, 5.74) is 7.25. The Hall–Kier alpha value is -3.30. The lowest BCUT2D eigenvalue weighted by atomic mass is 9.83. The van der Waals surface area contributed by atoms with Crippen molar-refractivity contribution >= 4 is 29.3 Å². The van der Waals surface area contributed by atoms with Gasteiger partial charge >= 0.3 is 0 Å². The van der Waals surface area contributed by atoms with Crippen LogP contribution in [0.2, 0.25) is 0 Å². The number of ketones is 1. The number of fused-ring (bicyclic) bond motifs is 5. The molecule has 0 saturated carbocycles. The number of carbonyl (C=O) groups is 1. The molecular weight excluding hydrogens is 410 g/mol. The van der Waals surface area contributed by atoms with Crippen molar-refractivity contribution in [3.05, 3.63) is 98.9 Å². The molecule has 0 aliphatic heterocycles. The zero-order valence-corrected chi connectivity index (χ0v) is 18.8. The molecule has 2 nitrogen and oxygen atoms in total. The number of hydrogen-bond donors (Lipinski definition) is 0. The normalized spacial score (nSPS) is 16.2. The van der Waals surface area contributed by atoms with Gasteiger partial charge in [0.2, 0.25) is 0 Å². The molecule has 1 aromatic heterocycles. The van der Waals surface area contributed by atoms with Gasteiger partial charge < -0.3 is 0 Å². The van der Waals surface area contributed by atoms with Gasteiger partial charge in [-0.05, 0) is 58.9 Å². The Labute approximate surface area is 191 Å². The maximum atomic E-state index is 13.6. The number of aromatic nitrogens is 1. The molecule has 0 radical (unpaired) electrons. The number of nitrogens with zero attached hydrogens (tertiary/aromatic N) is 1. The molecule has 1 unspecified atom stereocenters. The van der Waals surface area contributed by atoms with E-state index in [1.54, 1.807) is 0 Å². The molecule has 1 heterocycles. The van der Waals surface area contributed by atoms with Gasteiger partial charge in [0.15, 0.2) is 5.78 Å². The van der Waals surface area contributed by atoms with Crippen molar-refractivity contribution in [3.63, 3.8) is 0 Å². The number of thiazole rings is 1. The zero-order chi connectivity index (χ0) is 21.7. The van der Waals surface area contributed by atoms with Gasteiger partial charge in [-0.25, -0.2) is 4.98 Å². The van der Waals surface area contributed by atoms with E-state index in [4.69, 9.17) is 4.98 Å². The van der Waals surface area contributed by atoms with Crippen LogP contribution in [0.25, 0.3) is 33.9 Å². The van der Waals surface area contributed by atoms with Gasteiger partial charge in [0, 0.05) is 11.5 Å². The van der Waals surface area contributed by atoms with Crippen molar-refractivity contribution < 1.29 is 4.79 Å². The topological polar surface area (TPSA) is 30.0 Å². The second-order valence-electron chi connectivity index (χ2n) is 8.64. The minimum absolute atomic E-state index is 0.0951. The Kier molecular flexibility index (Phi) is 4.65. The zero-order valence-electron chi connectivity index (χ0n) is 18.0. The lowest BCUT2D eigenvalue weighted by molar-refractivity contribution is 0.0950. The Morgan fingerprint density at radius 2 is 1.72 bits per heavy atom. The summed E-state index contributed by atoms with van der Waals surface area (Å²) >= 11 is 1.53. The van der Waals surface area contributed by atoms with Gasteiger partial charge in [-0.15, -0.1) is 11.3 Å². The highest BCUT2D eigenvalue weighted by atomic mass is 32.1. The molecule has 2 aliphatic rings. The van der Waals surface area contributed by atoms with Crippen LogP contribution in [0.1, 0.15) is 32.9 Å². The highest BCUT2D eigenvalue weighted by Crippen LogP contribution is 2.31. The molecule has 0 bridgehead atoms. The average Bonchev–Trinajstić information content (AvgIpc) is 3.25. The number of hydrogen-bond acceptors (Lipinski definition) is 3. The van der Waals surface area contributed by atoms with Gasteiger partial charge in [-0.3, -0.25) is 4.79 Å². The van der Waals surface area contributed by atoms with Crippen LogP contribution in [0.15, 0.2) is 66.7 Å². The third kappa shape index (κ3) is 3.16. The van der Waals surface area contributed by atoms with Crippen molar-refractivity contribution in [2.75, 3.05) is 0 Å². The van der Waals surface area contributed by atoms with E-state index >= 15 is 0 Å². The molecule has 32 heavy (non-hydrogen) atoms. The maximum absolute atomic E-state index is 13.6. The second-order valence-corrected chi connectivity index (χ2v) is 9.64. The minimum Gasteiger partial charge on any atom is -0.293 e. The predicted molar refractivity (Wildman–Crippen MR) is 132 cm³/mol. The van der Waals surface area contributed by atoms with E-state index in [2.05, 4.69) is 60.7 Å². The largest absolute Gasteiger partial charge is 0.293 e. The van der Waals surface area contributed by atoms with E-state index in [0.29, 0.717) is 0 Å². The van der Waals surface area contributed by atoms with Crippen molar-refractivity contribution in [1.29, 1.82) is 0 Å². The van der Waals surface area contributed by atoms with E-state index in [1.165, 1.54) is 44.0 Å². The molecule has 0 N–H and O–H groups in total. The Morgan fingerprint density at radius 1 is 0.906 bits per heavy atom. The summed E-state index contributed by atoms with van der Waals surface area (Å²) in [6.45, 7) is 1.96. The SMILES string of the molecule is Cc1nc(-c2ccccc2)sc1C(=O)C1C=c2c(ccc3c2=CCc2ccccc2-3)CC1. The molecule has 0 spiro atoms. The molecule has 2 aliphatic carbocycles. The standard InChI is InChI=1S/C29H23NOS/c1-18-28(32-29(30-18)21-8-3-2-4-9-21)27(31)22-12-11-20-14-15-24-23-10-6-5-7-19(23)13-16-25(24)26(20)17-22/h2-10,14-17,22H,11-13H2,1H3. The fourth-order valence-electron chi connectivity index (χ4n) is 5.02. The number of carbonyl (C=O) groups excluding carboxylic acids is 1. The van der Waals surface area contributed by atoms with E-state index in [9.17, 15) is 4.79 Å². The predicted octanol–water partition coefficient (Wildman–Crippen LogP) is 5.35. The van der Waals surface area contributed by atoms with Crippen molar-refractivity contribution in [1.82, 2.24) is 4.98 Å². The van der Waals surface area contributed by atoms with Crippen LogP contribution >= 0.6 is 11.3 Å². The minimum atomic E-state index is -0.0951. The van der Waals surface area contributed by atoms with Crippen LogP contribution in [0.3, 0.4) is 0 Å². The van der Waals surface area contributed by atoms with Crippen molar-refractivity contribution in [2.24, 2.45) is 5.92 Å². The van der Waals surface area contributed by atoms with E-state index in [0.717, 1.165) is 40.4 Å². The van der Waals surface area contributed by atoms with Crippen LogP contribution < -0.4 is 10.4 Å². The lowest BCUT2D eigenvalue weighted by Gasteiger charge is -2.21. The summed E-state index contributed by atoms with van der Waals surface area (Å²) in [7, 11) is 0. The first-order valence-corrected chi connectivity index (χ1v) is 12.0. The number of benzene rings is 3. The average molecular weight is 434 g/mol. The molecular formula is C29H23NOS. The number of aryl methyl sites for hydroxylation is 2. The molecule has 156 valence electrons. The molecule has 0 saturated heterocycles. The molecule has 0 amide bonds. The number of Topliss-reactive ketones (excluding diaryl/α,β-unsaturated/α-hetero) is 1. The highest BCUT2D eigenvalue weighted by molar-refractivity contribution is 7.17. The van der Waals surface area contributed by atoms with Crippen LogP contribution in [0.4, 0.5) is 0 Å². The molecule has 6 rings (SSSR count). The Balaban J connectivity index is 1.42. The van der Waals surface area contributed by atoms with Crippen LogP contribution in [0, 0.1) is 12.8 Å². The van der Waals surface area contributed by atoms with Crippen molar-refractivity contribution in [2.45, 2.75) is 26.2 Å². The molecule has 0 fully saturated rings. The Bertz CT molecular complexity index is 1480. The lowest BCUT2D eigenvalue weighted by Crippen LogP contribution is -2.37. The first-order chi connectivity index (χ1) is 15.7. The molecule has 3 aromatic carbocycles. The fourth-order valence-corrected chi connectivity index (χ4v) is 6.10. The first kappa shape index (κ1) is 19.4. The fraction of sp³-hybridized carbons (Fsp3) is 0.172. The summed E-state index contributed by atoms with van der Waals surface area (Å²) in [6, 6.07) is 23.3. The van der Waals surface area contributed by atoms with Gasteiger partial charge in [0.05, 0.1) is 10.6 Å². The quantitative estimate of drug-likeness (QED) is 0.408. The second kappa shape index (κ2) is 7.68. The molecule has 3 heteroatoms. The third-order valence-electron chi connectivity index (χ3n) is 6.68. The van der Waals surface area contributed by atoms with Gasteiger partial charge in [-0.1, -0.05) is 78.9 Å². The summed E-state index contributed by atoms with van der Waals surface area (Å²) in [5.74, 6) is 0.115. The van der Waals surface area contributed by atoms with Crippen molar-refractivity contribution in [3.8, 4) is 21.7 Å². The van der Waals surface area contributed by atoms with Crippen LogP contribution in [-0.2, 0) is 12.8 Å². The summed E-state index contributed by atoms with van der Waals surface area (Å²) < 4.78 is 0. The van der Waals surface area contributed by atoms with Crippen LogP contribution in [0.5, 0.6) is 0 Å². The Morgan fingerprint density at radius 3 is 2.59 bits per heavy atom. The molecule has 4 aromatic rings. The first-order valence-electron chi connectivity index (χ1n) is 11.2. The smallest absolute Gasteiger partial charge is 0.181 e. The summed E-state index contributed by atoms with van der Waals surface area (Å²) in [5, 5.41) is 3.47. The maximum Gasteiger partial charge on any atom is 0.181 e. The van der Waals surface area contributed by atoms with Gasteiger partial charge in [-0.2, -0.15) is 0 Å². The highest BCUT2D eigenvalue weighted by Gasteiger charge is 2.26. The third-order valence-corrected chi connectivity index (χ3v) is 7.90. The number of rotatable bonds is 3.